The quantitative estimate of drug-likeness (QED) is 0.920. The maximum Gasteiger partial charge on any atom is 0.240 e. The van der Waals surface area contributed by atoms with E-state index < -0.39 is 0 Å². The van der Waals surface area contributed by atoms with Gasteiger partial charge < -0.3 is 10.2 Å². The molecule has 4 nitrogen and oxygen atoms in total. The molecule has 1 aromatic carbocycles. The average Bonchev–Trinajstić information content (AvgIpc) is 3.14. The van der Waals surface area contributed by atoms with E-state index >= 15 is 0 Å². The van der Waals surface area contributed by atoms with Crippen molar-refractivity contribution in [3.63, 3.8) is 0 Å². The minimum absolute atomic E-state index is 0.0347. The van der Waals surface area contributed by atoms with Crippen molar-refractivity contribution in [3.8, 4) is 0 Å². The normalized spacial score (nSPS) is 14.1. The highest BCUT2D eigenvalue weighted by molar-refractivity contribution is 6.31. The van der Waals surface area contributed by atoms with E-state index in [1.54, 1.807) is 18.2 Å². The second kappa shape index (κ2) is 5.61. The Morgan fingerprint density at radius 1 is 1.42 bits per heavy atom. The summed E-state index contributed by atoms with van der Waals surface area (Å²) in [7, 11) is 0. The minimum atomic E-state index is -0.170. The summed E-state index contributed by atoms with van der Waals surface area (Å²) in [6, 6.07) is 5.64. The molecule has 1 aliphatic carbocycles. The Labute approximate surface area is 117 Å². The number of benzene rings is 1. The first kappa shape index (κ1) is 13.9. The fourth-order valence-corrected chi connectivity index (χ4v) is 2.07. The Morgan fingerprint density at radius 3 is 2.68 bits per heavy atom. The van der Waals surface area contributed by atoms with Crippen molar-refractivity contribution >= 4 is 29.1 Å². The van der Waals surface area contributed by atoms with Crippen LogP contribution in [-0.2, 0) is 9.59 Å². The van der Waals surface area contributed by atoms with E-state index in [2.05, 4.69) is 5.32 Å². The molecule has 1 aromatic rings. The van der Waals surface area contributed by atoms with Crippen LogP contribution < -0.4 is 10.2 Å². The van der Waals surface area contributed by atoms with Gasteiger partial charge in [0, 0.05) is 23.7 Å². The van der Waals surface area contributed by atoms with Gasteiger partial charge in [-0.2, -0.15) is 0 Å². The minimum Gasteiger partial charge on any atom is -0.352 e. The monoisotopic (exact) mass is 280 g/mol. The number of amides is 2. The Bertz CT molecular complexity index is 512. The standard InChI is InChI=1S/C14H17ClN2O2/c1-9-12(15)4-3-5-13(9)17(10(2)18)8-14(19)16-11-6-7-11/h3-5,11H,6-8H2,1-2H3,(H,16,19). The number of carbonyl (C=O) groups excluding carboxylic acids is 2. The molecule has 0 radical (unpaired) electrons. The van der Waals surface area contributed by atoms with Crippen LogP contribution in [0.3, 0.4) is 0 Å². The molecule has 2 rings (SSSR count). The molecule has 1 aliphatic rings. The molecule has 2 amide bonds. The summed E-state index contributed by atoms with van der Waals surface area (Å²) in [5, 5.41) is 3.47. The lowest BCUT2D eigenvalue weighted by atomic mass is 10.1. The third-order valence-electron chi connectivity index (χ3n) is 3.15. The molecule has 5 heteroatoms. The first-order valence-corrected chi connectivity index (χ1v) is 6.69. The molecule has 0 spiro atoms. The lowest BCUT2D eigenvalue weighted by molar-refractivity contribution is -0.123. The van der Waals surface area contributed by atoms with Crippen LogP contribution in [0.1, 0.15) is 25.3 Å². The van der Waals surface area contributed by atoms with Crippen LogP contribution in [0.25, 0.3) is 0 Å². The Morgan fingerprint density at radius 2 is 2.11 bits per heavy atom. The zero-order chi connectivity index (χ0) is 14.0. The molecule has 102 valence electrons. The number of hydrogen-bond donors (Lipinski definition) is 1. The molecular formula is C14H17ClN2O2. The van der Waals surface area contributed by atoms with E-state index in [9.17, 15) is 9.59 Å². The summed E-state index contributed by atoms with van der Waals surface area (Å²) in [5.41, 5.74) is 1.49. The molecule has 19 heavy (non-hydrogen) atoms. The van der Waals surface area contributed by atoms with Crippen molar-refractivity contribution < 1.29 is 9.59 Å². The number of rotatable bonds is 4. The van der Waals surface area contributed by atoms with Gasteiger partial charge in [0.25, 0.3) is 0 Å². The molecule has 1 saturated carbocycles. The highest BCUT2D eigenvalue weighted by Gasteiger charge is 2.25. The number of anilines is 1. The summed E-state index contributed by atoms with van der Waals surface area (Å²) in [4.78, 5) is 25.0. The summed E-state index contributed by atoms with van der Waals surface area (Å²) in [6.07, 6.45) is 2.06. The van der Waals surface area contributed by atoms with E-state index in [0.717, 1.165) is 18.4 Å². The van der Waals surface area contributed by atoms with Crippen molar-refractivity contribution in [3.05, 3.63) is 28.8 Å². The van der Waals surface area contributed by atoms with Crippen LogP contribution in [0.5, 0.6) is 0 Å². The van der Waals surface area contributed by atoms with Gasteiger partial charge in [0.05, 0.1) is 0 Å². The number of hydrogen-bond acceptors (Lipinski definition) is 2. The van der Waals surface area contributed by atoms with Crippen LogP contribution >= 0.6 is 11.6 Å². The first-order valence-electron chi connectivity index (χ1n) is 6.31. The van der Waals surface area contributed by atoms with Crippen LogP contribution in [0, 0.1) is 6.92 Å². The van der Waals surface area contributed by atoms with Crippen molar-refractivity contribution in [1.82, 2.24) is 5.32 Å². The molecule has 0 aromatic heterocycles. The van der Waals surface area contributed by atoms with Gasteiger partial charge in [-0.1, -0.05) is 17.7 Å². The van der Waals surface area contributed by atoms with Crippen LogP contribution in [-0.4, -0.2) is 24.4 Å². The summed E-state index contributed by atoms with van der Waals surface area (Å²) >= 11 is 6.05. The van der Waals surface area contributed by atoms with Crippen LogP contribution in [0.15, 0.2) is 18.2 Å². The van der Waals surface area contributed by atoms with Gasteiger partial charge in [0.1, 0.15) is 6.54 Å². The molecule has 1 fully saturated rings. The molecular weight excluding hydrogens is 264 g/mol. The van der Waals surface area contributed by atoms with Gasteiger partial charge in [-0.3, -0.25) is 9.59 Å². The lowest BCUT2D eigenvalue weighted by Crippen LogP contribution is -2.40. The second-order valence-electron chi connectivity index (χ2n) is 4.83. The molecule has 0 atom stereocenters. The Hall–Kier alpha value is -1.55. The van der Waals surface area contributed by atoms with Gasteiger partial charge >= 0.3 is 0 Å². The van der Waals surface area contributed by atoms with E-state index in [0.29, 0.717) is 16.8 Å². The lowest BCUT2D eigenvalue weighted by Gasteiger charge is -2.23. The Kier molecular flexibility index (Phi) is 4.10. The highest BCUT2D eigenvalue weighted by Crippen LogP contribution is 2.26. The zero-order valence-electron chi connectivity index (χ0n) is 11.1. The van der Waals surface area contributed by atoms with Gasteiger partial charge in [0.2, 0.25) is 11.8 Å². The smallest absolute Gasteiger partial charge is 0.240 e. The van der Waals surface area contributed by atoms with Crippen LogP contribution in [0.4, 0.5) is 5.69 Å². The number of nitrogens with one attached hydrogen (secondary N) is 1. The van der Waals surface area contributed by atoms with Crippen molar-refractivity contribution in [2.45, 2.75) is 32.7 Å². The number of carbonyl (C=O) groups is 2. The summed E-state index contributed by atoms with van der Waals surface area (Å²) < 4.78 is 0. The summed E-state index contributed by atoms with van der Waals surface area (Å²) in [5.74, 6) is -0.298. The fourth-order valence-electron chi connectivity index (χ4n) is 1.90. The number of halogens is 1. The highest BCUT2D eigenvalue weighted by atomic mass is 35.5. The number of nitrogens with zero attached hydrogens (tertiary/aromatic N) is 1. The van der Waals surface area contributed by atoms with E-state index in [-0.39, 0.29) is 18.4 Å². The van der Waals surface area contributed by atoms with E-state index in [1.807, 2.05) is 6.92 Å². The second-order valence-corrected chi connectivity index (χ2v) is 5.24. The average molecular weight is 281 g/mol. The van der Waals surface area contributed by atoms with Crippen molar-refractivity contribution in [2.24, 2.45) is 0 Å². The predicted octanol–water partition coefficient (Wildman–Crippen LogP) is 2.28. The third-order valence-corrected chi connectivity index (χ3v) is 3.56. The third kappa shape index (κ3) is 3.47. The molecule has 0 heterocycles. The van der Waals surface area contributed by atoms with Gasteiger partial charge in [-0.15, -0.1) is 0 Å². The maximum atomic E-state index is 11.8. The van der Waals surface area contributed by atoms with Crippen molar-refractivity contribution in [2.75, 3.05) is 11.4 Å². The van der Waals surface area contributed by atoms with E-state index in [4.69, 9.17) is 11.6 Å². The van der Waals surface area contributed by atoms with Crippen LogP contribution in [0.2, 0.25) is 5.02 Å². The molecule has 1 N–H and O–H groups in total. The largest absolute Gasteiger partial charge is 0.352 e. The molecule has 0 aliphatic heterocycles. The summed E-state index contributed by atoms with van der Waals surface area (Å²) in [6.45, 7) is 3.32. The van der Waals surface area contributed by atoms with Gasteiger partial charge in [0.15, 0.2) is 0 Å². The van der Waals surface area contributed by atoms with E-state index in [1.165, 1.54) is 11.8 Å². The Balaban J connectivity index is 2.16. The van der Waals surface area contributed by atoms with Crippen molar-refractivity contribution in [1.29, 1.82) is 0 Å². The van der Waals surface area contributed by atoms with Gasteiger partial charge in [-0.25, -0.2) is 0 Å². The topological polar surface area (TPSA) is 49.4 Å². The molecule has 0 unspecified atom stereocenters. The SMILES string of the molecule is CC(=O)N(CC(=O)NC1CC1)c1cccc(Cl)c1C. The first-order chi connectivity index (χ1) is 8.99. The maximum absolute atomic E-state index is 11.8. The zero-order valence-corrected chi connectivity index (χ0v) is 11.8. The molecule has 0 saturated heterocycles. The molecule has 0 bridgehead atoms. The van der Waals surface area contributed by atoms with Gasteiger partial charge in [-0.05, 0) is 37.5 Å². The fraction of sp³-hybridized carbons (Fsp3) is 0.429. The predicted molar refractivity (Wildman–Crippen MR) is 75.4 cm³/mol.